The molecule has 0 aromatic heterocycles. The van der Waals surface area contributed by atoms with E-state index in [0.717, 1.165) is 90.0 Å². The van der Waals surface area contributed by atoms with E-state index in [9.17, 15) is 62.3 Å². The molecule has 2 aromatic rings. The molecule has 2 aromatic carbocycles. The second kappa shape index (κ2) is 18.1. The van der Waals surface area contributed by atoms with Crippen LogP contribution in [0, 0.1) is 0 Å². The molecule has 2 saturated heterocycles. The molecule has 2 heterocycles. The SMILES string of the molecule is CCc1cc(C(F)(F)F)cc(C(F)(F)F)c1C(=O)N[C@@H]1CCC[C@@H]1N1CCCC1.O=C(N[C@@H]1CCCC[C@@H]1N1CCCC1)c1c(C2CC2)cc(C(F)(F)F)cc1C(F)(F)F. The molecule has 0 spiro atoms. The maximum absolute atomic E-state index is 13.8. The molecule has 3 saturated carbocycles. The average molecular weight is 871 g/mol. The number of carbonyl (C=O) groups excluding carboxylic acids is 2. The molecule has 0 unspecified atom stereocenters. The van der Waals surface area contributed by atoms with E-state index in [2.05, 4.69) is 20.4 Å². The molecule has 2 amide bonds. The van der Waals surface area contributed by atoms with Gasteiger partial charge in [0.05, 0.1) is 33.4 Å². The lowest BCUT2D eigenvalue weighted by atomic mass is 9.88. The summed E-state index contributed by atoms with van der Waals surface area (Å²) in [6.07, 6.45) is -9.16. The third-order valence-corrected chi connectivity index (χ3v) is 12.6. The highest BCUT2D eigenvalue weighted by Gasteiger charge is 2.45. The Balaban J connectivity index is 0.000000202. The van der Waals surface area contributed by atoms with Crippen LogP contribution < -0.4 is 10.6 Å². The lowest BCUT2D eigenvalue weighted by Crippen LogP contribution is -2.52. The molecular formula is C42H50F12N4O2. The number of hydrogen-bond acceptors (Lipinski definition) is 4. The van der Waals surface area contributed by atoms with Crippen molar-refractivity contribution in [3.63, 3.8) is 0 Å². The molecule has 6 nitrogen and oxygen atoms in total. The summed E-state index contributed by atoms with van der Waals surface area (Å²) in [7, 11) is 0. The number of halogens is 12. The van der Waals surface area contributed by atoms with Gasteiger partial charge in [0.15, 0.2) is 0 Å². The molecule has 2 N–H and O–H groups in total. The normalized spacial score (nSPS) is 24.6. The van der Waals surface area contributed by atoms with Crippen molar-refractivity contribution in [1.29, 1.82) is 0 Å². The number of nitrogens with zero attached hydrogens (tertiary/aromatic N) is 2. The predicted octanol–water partition coefficient (Wildman–Crippen LogP) is 10.8. The topological polar surface area (TPSA) is 64.7 Å². The van der Waals surface area contributed by atoms with Crippen LogP contribution in [0.15, 0.2) is 24.3 Å². The van der Waals surface area contributed by atoms with Crippen LogP contribution in [0.1, 0.15) is 150 Å². The summed E-state index contributed by atoms with van der Waals surface area (Å²) < 4.78 is 161. The first-order valence-electron chi connectivity index (χ1n) is 20.8. The number of alkyl halides is 12. The Morgan fingerprint density at radius 1 is 0.533 bits per heavy atom. The van der Waals surface area contributed by atoms with Gasteiger partial charge in [-0.3, -0.25) is 19.4 Å². The fourth-order valence-corrected chi connectivity index (χ4v) is 9.55. The first kappa shape index (κ1) is 46.0. The smallest absolute Gasteiger partial charge is 0.348 e. The third kappa shape index (κ3) is 10.7. The molecule has 334 valence electrons. The van der Waals surface area contributed by atoms with Gasteiger partial charge in [0.25, 0.3) is 11.8 Å². The second-order valence-electron chi connectivity index (χ2n) is 16.7. The average Bonchev–Trinajstić information content (AvgIpc) is 3.50. The molecule has 0 radical (unpaired) electrons. The molecule has 5 fully saturated rings. The van der Waals surface area contributed by atoms with Gasteiger partial charge in [0.1, 0.15) is 0 Å². The van der Waals surface area contributed by atoms with Gasteiger partial charge in [0.2, 0.25) is 0 Å². The van der Waals surface area contributed by atoms with Gasteiger partial charge >= 0.3 is 24.7 Å². The van der Waals surface area contributed by atoms with Crippen LogP contribution in [0.2, 0.25) is 0 Å². The van der Waals surface area contributed by atoms with E-state index in [0.29, 0.717) is 31.7 Å². The van der Waals surface area contributed by atoms with E-state index in [1.807, 2.05) is 0 Å². The Hall–Kier alpha value is -3.54. The van der Waals surface area contributed by atoms with Gasteiger partial charge in [-0.15, -0.1) is 0 Å². The summed E-state index contributed by atoms with van der Waals surface area (Å²) in [6.45, 7) is 5.03. The maximum atomic E-state index is 13.8. The van der Waals surface area contributed by atoms with Crippen molar-refractivity contribution in [3.05, 3.63) is 68.8 Å². The van der Waals surface area contributed by atoms with Gasteiger partial charge in [-0.1, -0.05) is 19.8 Å². The van der Waals surface area contributed by atoms with Crippen molar-refractivity contribution in [2.75, 3.05) is 26.2 Å². The van der Waals surface area contributed by atoms with Gasteiger partial charge in [-0.2, -0.15) is 52.7 Å². The molecule has 60 heavy (non-hydrogen) atoms. The highest BCUT2D eigenvalue weighted by Crippen LogP contribution is 2.48. The molecule has 3 aliphatic carbocycles. The Morgan fingerprint density at radius 3 is 1.40 bits per heavy atom. The van der Waals surface area contributed by atoms with Crippen LogP contribution in [0.4, 0.5) is 52.7 Å². The van der Waals surface area contributed by atoms with Crippen LogP contribution in [-0.2, 0) is 31.1 Å². The highest BCUT2D eigenvalue weighted by molar-refractivity contribution is 5.98. The minimum atomic E-state index is -5.07. The Bertz CT molecular complexity index is 1840. The summed E-state index contributed by atoms with van der Waals surface area (Å²) in [5.74, 6) is -2.29. The minimum absolute atomic E-state index is 0.0423. The van der Waals surface area contributed by atoms with E-state index >= 15 is 0 Å². The molecule has 5 aliphatic rings. The number of benzene rings is 2. The van der Waals surface area contributed by atoms with Crippen LogP contribution in [-0.4, -0.2) is 72.0 Å². The van der Waals surface area contributed by atoms with E-state index in [1.54, 1.807) is 0 Å². The van der Waals surface area contributed by atoms with Gasteiger partial charge in [-0.05, 0) is 145 Å². The van der Waals surface area contributed by atoms with Crippen molar-refractivity contribution in [3.8, 4) is 0 Å². The quantitative estimate of drug-likeness (QED) is 0.260. The summed E-state index contributed by atoms with van der Waals surface area (Å²) in [5.41, 5.74) is -7.48. The lowest BCUT2D eigenvalue weighted by molar-refractivity contribution is -0.145. The van der Waals surface area contributed by atoms with Gasteiger partial charge < -0.3 is 10.6 Å². The summed E-state index contributed by atoms with van der Waals surface area (Å²) in [4.78, 5) is 30.5. The summed E-state index contributed by atoms with van der Waals surface area (Å²) >= 11 is 0. The molecule has 18 heteroatoms. The van der Waals surface area contributed by atoms with Crippen LogP contribution >= 0.6 is 0 Å². The zero-order chi connectivity index (χ0) is 43.8. The van der Waals surface area contributed by atoms with Crippen molar-refractivity contribution < 1.29 is 62.3 Å². The second-order valence-corrected chi connectivity index (χ2v) is 16.7. The number of amides is 2. The largest absolute Gasteiger partial charge is 0.417 e. The number of likely N-dealkylation sites (tertiary alicyclic amines) is 2. The number of hydrogen-bond donors (Lipinski definition) is 2. The number of aryl methyl sites for hydroxylation is 1. The third-order valence-electron chi connectivity index (χ3n) is 12.6. The fraction of sp³-hybridized carbons (Fsp3) is 0.667. The first-order chi connectivity index (χ1) is 28.1. The molecule has 7 rings (SSSR count). The van der Waals surface area contributed by atoms with Crippen LogP contribution in [0.5, 0.6) is 0 Å². The zero-order valence-electron chi connectivity index (χ0n) is 33.2. The Labute approximate surface area is 340 Å². The van der Waals surface area contributed by atoms with Gasteiger partial charge in [-0.25, -0.2) is 0 Å². The molecule has 2 aliphatic heterocycles. The van der Waals surface area contributed by atoms with Crippen molar-refractivity contribution in [1.82, 2.24) is 20.4 Å². The van der Waals surface area contributed by atoms with E-state index in [1.165, 1.54) is 6.92 Å². The molecule has 0 bridgehead atoms. The number of carbonyl (C=O) groups is 2. The van der Waals surface area contributed by atoms with E-state index in [-0.39, 0.29) is 53.8 Å². The standard InChI is InChI=1S/C22H26F6N2O.C20H24F6N2O/c23-21(24,25)14-11-15(13-7-8-13)19(16(12-14)22(26,27)28)20(31)29-17-5-1-2-6-18(17)30-9-3-4-10-30;1-2-12-10-13(19(21,22)23)11-14(20(24,25)26)17(12)18(29)27-15-6-5-7-16(15)28-8-3-4-9-28/h11-13,17-18H,1-10H2,(H,29,31);10-11,15-16H,2-9H2,1H3,(H,27,29)/t17-,18+;15-,16+/m11/s1. The van der Waals surface area contributed by atoms with Gasteiger partial charge in [0, 0.05) is 24.2 Å². The molecular weight excluding hydrogens is 820 g/mol. The Kier molecular flexibility index (Phi) is 13.8. The minimum Gasteiger partial charge on any atom is -0.348 e. The lowest BCUT2D eigenvalue weighted by Gasteiger charge is -2.38. The zero-order valence-corrected chi connectivity index (χ0v) is 33.2. The summed E-state index contributed by atoms with van der Waals surface area (Å²) in [5, 5.41) is 5.50. The summed E-state index contributed by atoms with van der Waals surface area (Å²) in [6, 6.07) is 1.05. The number of rotatable bonds is 8. The van der Waals surface area contributed by atoms with Crippen LogP contribution in [0.3, 0.4) is 0 Å². The van der Waals surface area contributed by atoms with E-state index < -0.39 is 75.8 Å². The first-order valence-corrected chi connectivity index (χ1v) is 20.8. The Morgan fingerprint density at radius 2 is 0.950 bits per heavy atom. The van der Waals surface area contributed by atoms with Crippen molar-refractivity contribution >= 4 is 11.8 Å². The fourth-order valence-electron chi connectivity index (χ4n) is 9.55. The molecule has 4 atom stereocenters. The van der Waals surface area contributed by atoms with E-state index in [4.69, 9.17) is 0 Å². The highest BCUT2D eigenvalue weighted by atomic mass is 19.4. The van der Waals surface area contributed by atoms with Crippen molar-refractivity contribution in [2.24, 2.45) is 0 Å². The number of nitrogens with one attached hydrogen (secondary N) is 2. The monoisotopic (exact) mass is 870 g/mol. The maximum Gasteiger partial charge on any atom is 0.417 e. The predicted molar refractivity (Wildman–Crippen MR) is 198 cm³/mol. The van der Waals surface area contributed by atoms with Crippen LogP contribution in [0.25, 0.3) is 0 Å². The van der Waals surface area contributed by atoms with Crippen molar-refractivity contribution in [2.45, 2.75) is 152 Å².